The smallest absolute Gasteiger partial charge is 0.253 e. The van der Waals surface area contributed by atoms with Crippen molar-refractivity contribution in [2.75, 3.05) is 25.0 Å². The summed E-state index contributed by atoms with van der Waals surface area (Å²) >= 11 is 0. The molecule has 1 aromatic heterocycles. The van der Waals surface area contributed by atoms with Gasteiger partial charge < -0.3 is 14.6 Å². The molecule has 0 aliphatic heterocycles. The van der Waals surface area contributed by atoms with E-state index in [1.807, 2.05) is 32.9 Å². The van der Waals surface area contributed by atoms with Crippen molar-refractivity contribution in [1.82, 2.24) is 10.2 Å². The van der Waals surface area contributed by atoms with Crippen LogP contribution in [-0.2, 0) is 4.79 Å². The Morgan fingerprint density at radius 3 is 2.56 bits per heavy atom. The van der Waals surface area contributed by atoms with Crippen molar-refractivity contribution in [3.63, 3.8) is 0 Å². The van der Waals surface area contributed by atoms with Crippen LogP contribution >= 0.6 is 0 Å². The van der Waals surface area contributed by atoms with Gasteiger partial charge in [0, 0.05) is 24.3 Å². The Morgan fingerprint density at radius 2 is 1.92 bits per heavy atom. The fourth-order valence-electron chi connectivity index (χ4n) is 2.51. The van der Waals surface area contributed by atoms with Crippen LogP contribution in [0, 0.1) is 0 Å². The molecule has 0 aliphatic carbocycles. The number of carbonyl (C=O) groups excluding carboxylic acids is 2. The largest absolute Gasteiger partial charge is 0.468 e. The highest BCUT2D eigenvalue weighted by Gasteiger charge is 2.14. The van der Waals surface area contributed by atoms with Crippen LogP contribution in [-0.4, -0.2) is 36.3 Å². The molecule has 2 N–H and O–H groups in total. The molecule has 0 radical (unpaired) electrons. The van der Waals surface area contributed by atoms with Gasteiger partial charge in [-0.3, -0.25) is 14.9 Å². The fourth-order valence-corrected chi connectivity index (χ4v) is 2.51. The third kappa shape index (κ3) is 5.19. The summed E-state index contributed by atoms with van der Waals surface area (Å²) in [5, 5.41) is 5.91. The standard InChI is InChI=1S/C19H25N3O3/c1-4-22(5-2)19(24)15-8-6-9-16(12-15)21-18(23)13-20-14(3)17-10-7-11-25-17/h6-12,14,20H,4-5,13H2,1-3H3,(H,21,23)/t14-/m1/s1. The van der Waals surface area contributed by atoms with Crippen molar-refractivity contribution in [1.29, 1.82) is 0 Å². The van der Waals surface area contributed by atoms with Gasteiger partial charge in [0.25, 0.3) is 5.91 Å². The highest BCUT2D eigenvalue weighted by Crippen LogP contribution is 2.14. The van der Waals surface area contributed by atoms with Gasteiger partial charge >= 0.3 is 0 Å². The van der Waals surface area contributed by atoms with Crippen molar-refractivity contribution >= 4 is 17.5 Å². The average Bonchev–Trinajstić information content (AvgIpc) is 3.15. The van der Waals surface area contributed by atoms with Gasteiger partial charge in [0.1, 0.15) is 5.76 Å². The number of rotatable bonds is 8. The summed E-state index contributed by atoms with van der Waals surface area (Å²) in [4.78, 5) is 26.2. The quantitative estimate of drug-likeness (QED) is 0.772. The summed E-state index contributed by atoms with van der Waals surface area (Å²) in [5.74, 6) is 0.566. The molecule has 134 valence electrons. The molecule has 0 spiro atoms. The van der Waals surface area contributed by atoms with E-state index in [-0.39, 0.29) is 24.4 Å². The van der Waals surface area contributed by atoms with Crippen molar-refractivity contribution in [3.05, 3.63) is 54.0 Å². The summed E-state index contributed by atoms with van der Waals surface area (Å²) in [6.45, 7) is 7.27. The normalized spacial score (nSPS) is 11.8. The molecule has 6 heteroatoms. The number of anilines is 1. The maximum absolute atomic E-state index is 12.4. The summed E-state index contributed by atoms with van der Waals surface area (Å²) < 4.78 is 5.30. The third-order valence-electron chi connectivity index (χ3n) is 3.98. The monoisotopic (exact) mass is 343 g/mol. The number of carbonyl (C=O) groups is 2. The lowest BCUT2D eigenvalue weighted by atomic mass is 10.1. The van der Waals surface area contributed by atoms with Crippen molar-refractivity contribution in [2.24, 2.45) is 0 Å². The minimum absolute atomic E-state index is 0.0364. The van der Waals surface area contributed by atoms with E-state index in [9.17, 15) is 9.59 Å². The zero-order valence-corrected chi connectivity index (χ0v) is 14.9. The lowest BCUT2D eigenvalue weighted by molar-refractivity contribution is -0.115. The Kier molecular flexibility index (Phi) is 6.77. The molecular weight excluding hydrogens is 318 g/mol. The first-order valence-electron chi connectivity index (χ1n) is 8.51. The molecule has 2 rings (SSSR count). The van der Waals surface area contributed by atoms with Crippen LogP contribution in [0.1, 0.15) is 42.9 Å². The second kappa shape index (κ2) is 9.03. The molecule has 1 atom stereocenters. The van der Waals surface area contributed by atoms with Crippen molar-refractivity contribution in [3.8, 4) is 0 Å². The molecule has 0 aliphatic rings. The molecule has 0 unspecified atom stereocenters. The Hall–Kier alpha value is -2.60. The van der Waals surface area contributed by atoms with Gasteiger partial charge in [-0.2, -0.15) is 0 Å². The minimum Gasteiger partial charge on any atom is -0.468 e. The molecule has 6 nitrogen and oxygen atoms in total. The number of nitrogens with zero attached hydrogens (tertiary/aromatic N) is 1. The van der Waals surface area contributed by atoms with E-state index in [1.54, 1.807) is 35.4 Å². The minimum atomic E-state index is -0.175. The van der Waals surface area contributed by atoms with Crippen LogP contribution < -0.4 is 10.6 Å². The van der Waals surface area contributed by atoms with Gasteiger partial charge in [-0.1, -0.05) is 6.07 Å². The number of furan rings is 1. The topological polar surface area (TPSA) is 74.6 Å². The summed E-state index contributed by atoms with van der Waals surface area (Å²) in [7, 11) is 0. The summed E-state index contributed by atoms with van der Waals surface area (Å²) in [6.07, 6.45) is 1.60. The van der Waals surface area contributed by atoms with E-state index in [2.05, 4.69) is 10.6 Å². The molecule has 0 fully saturated rings. The lowest BCUT2D eigenvalue weighted by Gasteiger charge is -2.19. The molecule has 1 heterocycles. The Balaban J connectivity index is 1.92. The fraction of sp³-hybridized carbons (Fsp3) is 0.368. The molecule has 0 bridgehead atoms. The number of amides is 2. The van der Waals surface area contributed by atoms with E-state index in [1.165, 1.54) is 0 Å². The zero-order valence-electron chi connectivity index (χ0n) is 14.9. The number of hydrogen-bond acceptors (Lipinski definition) is 4. The number of nitrogens with one attached hydrogen (secondary N) is 2. The van der Waals surface area contributed by atoms with Gasteiger partial charge in [-0.15, -0.1) is 0 Å². The van der Waals surface area contributed by atoms with Crippen molar-refractivity contribution < 1.29 is 14.0 Å². The number of hydrogen-bond donors (Lipinski definition) is 2. The molecule has 0 saturated heterocycles. The van der Waals surface area contributed by atoms with E-state index in [4.69, 9.17) is 4.42 Å². The molecule has 25 heavy (non-hydrogen) atoms. The Labute approximate surface area is 148 Å². The van der Waals surface area contributed by atoms with Crippen LogP contribution in [0.3, 0.4) is 0 Å². The molecule has 0 saturated carbocycles. The first-order valence-corrected chi connectivity index (χ1v) is 8.51. The molecular formula is C19H25N3O3. The third-order valence-corrected chi connectivity index (χ3v) is 3.98. The van der Waals surface area contributed by atoms with Crippen molar-refractivity contribution in [2.45, 2.75) is 26.8 Å². The highest BCUT2D eigenvalue weighted by atomic mass is 16.3. The Bertz CT molecular complexity index is 694. The van der Waals surface area contributed by atoms with Crippen LogP contribution in [0.15, 0.2) is 47.1 Å². The first-order chi connectivity index (χ1) is 12.0. The van der Waals surface area contributed by atoms with E-state index < -0.39 is 0 Å². The zero-order chi connectivity index (χ0) is 18.2. The molecule has 2 amide bonds. The Morgan fingerprint density at radius 1 is 1.16 bits per heavy atom. The first kappa shape index (κ1) is 18.7. The van der Waals surface area contributed by atoms with Gasteiger partial charge in [-0.05, 0) is 51.1 Å². The van der Waals surface area contributed by atoms with Gasteiger partial charge in [0.05, 0.1) is 18.8 Å². The summed E-state index contributed by atoms with van der Waals surface area (Å²) in [6, 6.07) is 10.6. The van der Waals surface area contributed by atoms with E-state index in [0.29, 0.717) is 24.3 Å². The van der Waals surface area contributed by atoms with E-state index >= 15 is 0 Å². The maximum Gasteiger partial charge on any atom is 0.253 e. The highest BCUT2D eigenvalue weighted by molar-refractivity contribution is 5.97. The van der Waals surface area contributed by atoms with E-state index in [0.717, 1.165) is 5.76 Å². The summed E-state index contributed by atoms with van der Waals surface area (Å²) in [5.41, 5.74) is 1.17. The van der Waals surface area contributed by atoms with Crippen LogP contribution in [0.25, 0.3) is 0 Å². The lowest BCUT2D eigenvalue weighted by Crippen LogP contribution is -2.31. The molecule has 1 aromatic carbocycles. The van der Waals surface area contributed by atoms with Gasteiger partial charge in [0.2, 0.25) is 5.91 Å². The van der Waals surface area contributed by atoms with Gasteiger partial charge in [-0.25, -0.2) is 0 Å². The van der Waals surface area contributed by atoms with Gasteiger partial charge in [0.15, 0.2) is 0 Å². The second-order valence-corrected chi connectivity index (χ2v) is 5.72. The van der Waals surface area contributed by atoms with Crippen LogP contribution in [0.2, 0.25) is 0 Å². The SMILES string of the molecule is CCN(CC)C(=O)c1cccc(NC(=O)CN[C@H](C)c2ccco2)c1. The van der Waals surface area contributed by atoms with Crippen LogP contribution in [0.5, 0.6) is 0 Å². The predicted molar refractivity (Wildman–Crippen MR) is 97.4 cm³/mol. The average molecular weight is 343 g/mol. The number of benzene rings is 1. The maximum atomic E-state index is 12.4. The van der Waals surface area contributed by atoms with Crippen LogP contribution in [0.4, 0.5) is 5.69 Å². The second-order valence-electron chi connectivity index (χ2n) is 5.72. The predicted octanol–water partition coefficient (Wildman–Crippen LogP) is 3.05. The molecule has 2 aromatic rings.